The van der Waals surface area contributed by atoms with Crippen molar-refractivity contribution < 1.29 is 30.1 Å². The minimum Gasteiger partial charge on any atom is -0.392 e. The number of fused-ring (bicyclic) bond motifs is 5. The first-order valence-electron chi connectivity index (χ1n) is 12.4. The summed E-state index contributed by atoms with van der Waals surface area (Å²) in [4.78, 5) is 20.4. The maximum atomic E-state index is 12.2. The van der Waals surface area contributed by atoms with E-state index in [-0.39, 0.29) is 23.6 Å². The van der Waals surface area contributed by atoms with Crippen molar-refractivity contribution in [2.75, 3.05) is 6.61 Å². The van der Waals surface area contributed by atoms with Crippen LogP contribution in [0.5, 0.6) is 0 Å². The van der Waals surface area contributed by atoms with Gasteiger partial charge >= 0.3 is 0 Å². The first kappa shape index (κ1) is 22.0. The number of aliphatic hydroxyl groups excluding tert-OH is 3. The number of benzene rings is 1. The fourth-order valence-corrected chi connectivity index (χ4v) is 9.14. The van der Waals surface area contributed by atoms with Crippen LogP contribution < -0.4 is 0 Å². The molecule has 1 aromatic carbocycles. The molecule has 2 aliphatic heterocycles. The molecule has 3 heterocycles. The first-order valence-corrected chi connectivity index (χ1v) is 12.4. The van der Waals surface area contributed by atoms with Crippen LogP contribution >= 0.6 is 0 Å². The van der Waals surface area contributed by atoms with Gasteiger partial charge in [-0.05, 0) is 43.1 Å². The first-order chi connectivity index (χ1) is 16.5. The molecule has 4 bridgehead atoms. The summed E-state index contributed by atoms with van der Waals surface area (Å²) < 4.78 is 6.11. The van der Waals surface area contributed by atoms with Crippen LogP contribution in [-0.4, -0.2) is 66.0 Å². The smallest absolute Gasteiger partial charge is 0.271 e. The van der Waals surface area contributed by atoms with Crippen LogP contribution in [0.2, 0.25) is 0 Å². The molecular weight excluding hydrogens is 454 g/mol. The number of hydrogen-bond donors (Lipinski definition) is 4. The Morgan fingerprint density at radius 1 is 1.09 bits per heavy atom. The minimum atomic E-state index is -2.11. The molecule has 10 nitrogen and oxygen atoms in total. The maximum Gasteiger partial charge on any atom is 0.271 e. The number of aliphatic hydroxyl groups is 4. The summed E-state index contributed by atoms with van der Waals surface area (Å²) in [6.07, 6.45) is -0.792. The molecule has 35 heavy (non-hydrogen) atoms. The van der Waals surface area contributed by atoms with Gasteiger partial charge in [0.1, 0.15) is 11.5 Å². The van der Waals surface area contributed by atoms with Gasteiger partial charge in [-0.1, -0.05) is 13.8 Å². The summed E-state index contributed by atoms with van der Waals surface area (Å²) in [6, 6.07) is 4.23. The molecule has 2 saturated heterocycles. The topological polar surface area (TPSA) is 159 Å². The van der Waals surface area contributed by atoms with Crippen molar-refractivity contribution in [1.29, 1.82) is 0 Å². The number of non-ortho nitro benzene ring substituents is 1. The fourth-order valence-electron chi connectivity index (χ4n) is 9.14. The van der Waals surface area contributed by atoms with Gasteiger partial charge < -0.3 is 25.2 Å². The van der Waals surface area contributed by atoms with Gasteiger partial charge in [0, 0.05) is 29.4 Å². The lowest BCUT2D eigenvalue weighted by molar-refractivity contribution is -0.449. The lowest BCUT2D eigenvalue weighted by Gasteiger charge is -2.75. The summed E-state index contributed by atoms with van der Waals surface area (Å²) in [7, 11) is 0. The van der Waals surface area contributed by atoms with E-state index in [0.29, 0.717) is 48.1 Å². The quantitative estimate of drug-likeness (QED) is 0.348. The molecule has 10 heteroatoms. The van der Waals surface area contributed by atoms with Gasteiger partial charge in [0.15, 0.2) is 0 Å². The van der Waals surface area contributed by atoms with Crippen molar-refractivity contribution >= 4 is 16.7 Å². The molecule has 4 aliphatic carbocycles. The molecule has 3 saturated carbocycles. The van der Waals surface area contributed by atoms with Crippen molar-refractivity contribution in [3.05, 3.63) is 39.7 Å². The Morgan fingerprint density at radius 3 is 2.60 bits per heavy atom. The van der Waals surface area contributed by atoms with Gasteiger partial charge in [0.2, 0.25) is 5.79 Å². The third kappa shape index (κ3) is 2.17. The third-order valence-corrected chi connectivity index (χ3v) is 10.4. The van der Waals surface area contributed by atoms with Crippen LogP contribution in [0.4, 0.5) is 5.69 Å². The molecule has 4 N–H and O–H groups in total. The zero-order valence-electron chi connectivity index (χ0n) is 19.6. The summed E-state index contributed by atoms with van der Waals surface area (Å²) in [5, 5.41) is 58.7. The van der Waals surface area contributed by atoms with E-state index in [2.05, 4.69) is 13.8 Å². The van der Waals surface area contributed by atoms with E-state index in [1.807, 2.05) is 0 Å². The molecule has 8 rings (SSSR count). The number of aromatic nitrogens is 2. The molecule has 9 atom stereocenters. The number of rotatable bonds is 1. The molecule has 186 valence electrons. The Balaban J connectivity index is 1.52. The molecule has 0 amide bonds. The molecular formula is C25H29N3O7. The number of hydrogen-bond acceptors (Lipinski definition) is 9. The van der Waals surface area contributed by atoms with E-state index in [1.165, 1.54) is 18.2 Å². The van der Waals surface area contributed by atoms with E-state index in [1.54, 1.807) is 0 Å². The summed E-state index contributed by atoms with van der Waals surface area (Å²) in [6.45, 7) is 4.23. The second-order valence-corrected chi connectivity index (χ2v) is 12.0. The van der Waals surface area contributed by atoms with E-state index in [4.69, 9.17) is 14.7 Å². The zero-order chi connectivity index (χ0) is 24.7. The molecule has 2 aromatic rings. The monoisotopic (exact) mass is 483 g/mol. The molecule has 1 aromatic heterocycles. The lowest BCUT2D eigenvalue weighted by atomic mass is 9.35. The molecule has 6 aliphatic rings. The van der Waals surface area contributed by atoms with Gasteiger partial charge in [-0.2, -0.15) is 0 Å². The van der Waals surface area contributed by atoms with Crippen molar-refractivity contribution in [2.24, 2.45) is 22.7 Å². The van der Waals surface area contributed by atoms with E-state index < -0.39 is 51.7 Å². The number of ether oxygens (including phenoxy) is 1. The van der Waals surface area contributed by atoms with Gasteiger partial charge in [-0.3, -0.25) is 10.1 Å². The lowest BCUT2D eigenvalue weighted by Crippen LogP contribution is -2.86. The van der Waals surface area contributed by atoms with Crippen LogP contribution in [0.3, 0.4) is 0 Å². The second kappa shape index (κ2) is 6.36. The average molecular weight is 484 g/mol. The SMILES string of the molecule is CC1(C)CC[C@H](O)[C@]23CO[C@@](O)([C@@H](O)C12)C12c4nc5ccc([N+](=O)[O-])cc5nc4[C@H](CCC13)[C@H]2O. The van der Waals surface area contributed by atoms with E-state index >= 15 is 0 Å². The van der Waals surface area contributed by atoms with Crippen LogP contribution in [0.25, 0.3) is 11.0 Å². The standard InChI is InChI=1S/C25H29N3O7/c1-22(2)8-7-16(29)23-10-35-25(32,21(31)18(22)23)24-15(23)6-4-12(20(24)30)17-19(24)27-13-5-3-11(28(33)34)9-14(13)26-17/h3,5,9,12,15-16,18,20-21,29-32H,4,6-8,10H2,1-2H3/t12-,15?,16-,18?,20+,21-,23+,24?,25-/m0/s1. The summed E-state index contributed by atoms with van der Waals surface area (Å²) in [5.74, 6) is -3.36. The fraction of sp³-hybridized carbons (Fsp3) is 0.680. The third-order valence-electron chi connectivity index (χ3n) is 10.4. The van der Waals surface area contributed by atoms with Crippen LogP contribution in [0.15, 0.2) is 18.2 Å². The molecule has 0 radical (unpaired) electrons. The average Bonchev–Trinajstić information content (AvgIpc) is 2.94. The predicted octanol–water partition coefficient (Wildman–Crippen LogP) is 1.52. The summed E-state index contributed by atoms with van der Waals surface area (Å²) >= 11 is 0. The van der Waals surface area contributed by atoms with Crippen LogP contribution in [-0.2, 0) is 10.2 Å². The molecule has 5 fully saturated rings. The second-order valence-electron chi connectivity index (χ2n) is 12.0. The highest BCUT2D eigenvalue weighted by Gasteiger charge is 2.85. The highest BCUT2D eigenvalue weighted by atomic mass is 16.6. The molecule has 3 unspecified atom stereocenters. The van der Waals surface area contributed by atoms with Crippen molar-refractivity contribution in [3.8, 4) is 0 Å². The largest absolute Gasteiger partial charge is 0.392 e. The van der Waals surface area contributed by atoms with Gasteiger partial charge in [0.05, 0.1) is 46.2 Å². The van der Waals surface area contributed by atoms with Crippen molar-refractivity contribution in [1.82, 2.24) is 9.97 Å². The molecule has 2 spiro atoms. The van der Waals surface area contributed by atoms with Crippen molar-refractivity contribution in [3.63, 3.8) is 0 Å². The maximum absolute atomic E-state index is 12.2. The van der Waals surface area contributed by atoms with E-state index in [9.17, 15) is 30.5 Å². The van der Waals surface area contributed by atoms with Gasteiger partial charge in [-0.25, -0.2) is 9.97 Å². The highest BCUT2D eigenvalue weighted by Crippen LogP contribution is 2.76. The Hall–Kier alpha value is -2.24. The number of nitro benzene ring substituents is 1. The Kier molecular flexibility index (Phi) is 3.99. The Morgan fingerprint density at radius 2 is 1.86 bits per heavy atom. The number of nitro groups is 1. The minimum absolute atomic E-state index is 0.0994. The summed E-state index contributed by atoms with van der Waals surface area (Å²) in [5.41, 5.74) is -1.16. The Labute approximate surface area is 201 Å². The van der Waals surface area contributed by atoms with Gasteiger partial charge in [-0.15, -0.1) is 0 Å². The predicted molar refractivity (Wildman–Crippen MR) is 121 cm³/mol. The van der Waals surface area contributed by atoms with E-state index in [0.717, 1.165) is 0 Å². The van der Waals surface area contributed by atoms with Crippen molar-refractivity contribution in [2.45, 2.75) is 75.0 Å². The zero-order valence-corrected chi connectivity index (χ0v) is 19.6. The van der Waals surface area contributed by atoms with Gasteiger partial charge in [0.25, 0.3) is 5.69 Å². The number of nitrogens with zero attached hydrogens (tertiary/aromatic N) is 3. The van der Waals surface area contributed by atoms with Crippen LogP contribution in [0, 0.1) is 32.8 Å². The Bertz CT molecular complexity index is 1300. The normalized spacial score (nSPS) is 46.7. The van der Waals surface area contributed by atoms with Crippen LogP contribution in [0.1, 0.15) is 56.8 Å². The highest BCUT2D eigenvalue weighted by molar-refractivity contribution is 5.78.